The first-order valence-corrected chi connectivity index (χ1v) is 6.11. The summed E-state index contributed by atoms with van der Waals surface area (Å²) in [5.41, 5.74) is -0.257. The maximum atomic E-state index is 11.6. The fourth-order valence-electron chi connectivity index (χ4n) is 1.57. The van der Waals surface area contributed by atoms with Crippen LogP contribution in [-0.4, -0.2) is 59.8 Å². The Morgan fingerprint density at radius 1 is 1.60 bits per heavy atom. The first-order valence-electron chi connectivity index (χ1n) is 6.11. The van der Waals surface area contributed by atoms with Gasteiger partial charge in [0.25, 0.3) is 0 Å². The molecule has 0 aliphatic rings. The number of nitro groups is 1. The third-order valence-electron chi connectivity index (χ3n) is 2.51. The highest BCUT2D eigenvalue weighted by molar-refractivity contribution is 5.75. The molecule has 1 aromatic heterocycles. The number of carbonyl (C=O) groups excluding carboxylic acids is 1. The van der Waals surface area contributed by atoms with Crippen LogP contribution in [0.15, 0.2) is 6.20 Å². The van der Waals surface area contributed by atoms with E-state index >= 15 is 0 Å². The fourth-order valence-corrected chi connectivity index (χ4v) is 1.57. The first-order chi connectivity index (χ1) is 9.43. The van der Waals surface area contributed by atoms with Crippen LogP contribution in [0.4, 0.5) is 5.69 Å². The molecule has 0 unspecified atom stereocenters. The molecule has 0 spiro atoms. The lowest BCUT2D eigenvalue weighted by molar-refractivity contribution is -0.385. The minimum absolute atomic E-state index is 0.0772. The van der Waals surface area contributed by atoms with Gasteiger partial charge in [-0.25, -0.2) is 0 Å². The average Bonchev–Trinajstić information content (AvgIpc) is 2.77. The van der Waals surface area contributed by atoms with Crippen molar-refractivity contribution in [2.45, 2.75) is 13.0 Å². The van der Waals surface area contributed by atoms with Crippen LogP contribution < -0.4 is 10.1 Å². The van der Waals surface area contributed by atoms with Crippen LogP contribution in [0.1, 0.15) is 6.42 Å². The summed E-state index contributed by atoms with van der Waals surface area (Å²) < 4.78 is 5.98. The van der Waals surface area contributed by atoms with Crippen LogP contribution >= 0.6 is 0 Å². The number of aromatic nitrogens is 2. The third-order valence-corrected chi connectivity index (χ3v) is 2.51. The molecule has 0 saturated carbocycles. The highest BCUT2D eigenvalue weighted by Crippen LogP contribution is 2.23. The molecule has 0 aromatic carbocycles. The summed E-state index contributed by atoms with van der Waals surface area (Å²) in [6.45, 7) is 1.35. The lowest BCUT2D eigenvalue weighted by Gasteiger charge is -2.09. The van der Waals surface area contributed by atoms with Crippen molar-refractivity contribution < 1.29 is 14.5 Å². The van der Waals surface area contributed by atoms with Gasteiger partial charge in [-0.2, -0.15) is 0 Å². The highest BCUT2D eigenvalue weighted by atomic mass is 16.6. The molecular formula is C11H19N5O4. The van der Waals surface area contributed by atoms with Gasteiger partial charge in [0.1, 0.15) is 12.7 Å². The summed E-state index contributed by atoms with van der Waals surface area (Å²) in [5, 5.41) is 17.3. The van der Waals surface area contributed by atoms with Crippen LogP contribution in [0.2, 0.25) is 0 Å². The molecule has 20 heavy (non-hydrogen) atoms. The number of hydrogen-bond acceptors (Lipinski definition) is 6. The lowest BCUT2D eigenvalue weighted by Crippen LogP contribution is -2.30. The summed E-state index contributed by atoms with van der Waals surface area (Å²) in [5.74, 6) is -0.348. The maximum Gasteiger partial charge on any atom is 0.350 e. The number of nitrogens with zero attached hydrogens (tertiary/aromatic N) is 4. The summed E-state index contributed by atoms with van der Waals surface area (Å²) in [7, 11) is 5.20. The number of carbonyl (C=O) groups is 1. The molecule has 0 radical (unpaired) electrons. The van der Waals surface area contributed by atoms with E-state index in [1.54, 1.807) is 0 Å². The second-order valence-electron chi connectivity index (χ2n) is 4.49. The van der Waals surface area contributed by atoms with Gasteiger partial charge in [0, 0.05) is 6.54 Å². The summed E-state index contributed by atoms with van der Waals surface area (Å²) in [6, 6.07) is 0. The zero-order valence-corrected chi connectivity index (χ0v) is 11.8. The Kier molecular flexibility index (Phi) is 5.91. The van der Waals surface area contributed by atoms with Crippen molar-refractivity contribution in [1.29, 1.82) is 0 Å². The molecule has 9 heteroatoms. The minimum atomic E-state index is -0.600. The van der Waals surface area contributed by atoms with E-state index in [-0.39, 0.29) is 24.0 Å². The number of hydrogen-bond donors (Lipinski definition) is 1. The molecule has 1 amide bonds. The van der Waals surface area contributed by atoms with Crippen molar-refractivity contribution in [2.24, 2.45) is 0 Å². The van der Waals surface area contributed by atoms with Crippen molar-refractivity contribution in [1.82, 2.24) is 20.0 Å². The Morgan fingerprint density at radius 2 is 2.30 bits per heavy atom. The van der Waals surface area contributed by atoms with E-state index in [9.17, 15) is 14.9 Å². The van der Waals surface area contributed by atoms with Gasteiger partial charge < -0.3 is 15.0 Å². The summed E-state index contributed by atoms with van der Waals surface area (Å²) in [4.78, 5) is 23.8. The van der Waals surface area contributed by atoms with Gasteiger partial charge in [-0.1, -0.05) is 0 Å². The molecule has 0 aliphatic heterocycles. The zero-order valence-electron chi connectivity index (χ0n) is 11.8. The Balaban J connectivity index is 2.48. The molecule has 112 valence electrons. The van der Waals surface area contributed by atoms with E-state index in [1.165, 1.54) is 18.0 Å². The predicted molar refractivity (Wildman–Crippen MR) is 71.6 cm³/mol. The average molecular weight is 285 g/mol. The quantitative estimate of drug-likeness (QED) is 0.405. The maximum absolute atomic E-state index is 11.6. The number of amides is 1. The number of methoxy groups -OCH3 is 1. The largest absolute Gasteiger partial charge is 0.475 e. The molecule has 1 N–H and O–H groups in total. The molecule has 1 aromatic rings. The fraction of sp³-hybridized carbons (Fsp3) is 0.636. The number of rotatable bonds is 8. The smallest absolute Gasteiger partial charge is 0.350 e. The summed E-state index contributed by atoms with van der Waals surface area (Å²) in [6.07, 6.45) is 2.01. The second kappa shape index (κ2) is 7.43. The van der Waals surface area contributed by atoms with Crippen LogP contribution in [0.3, 0.4) is 0 Å². The van der Waals surface area contributed by atoms with E-state index in [0.717, 1.165) is 13.0 Å². The van der Waals surface area contributed by atoms with Crippen molar-refractivity contribution in [2.75, 3.05) is 34.3 Å². The van der Waals surface area contributed by atoms with E-state index in [1.807, 2.05) is 19.0 Å². The Labute approximate surface area is 116 Å². The van der Waals surface area contributed by atoms with Crippen molar-refractivity contribution in [3.8, 4) is 5.88 Å². The van der Waals surface area contributed by atoms with Crippen molar-refractivity contribution >= 4 is 11.6 Å². The molecular weight excluding hydrogens is 266 g/mol. The van der Waals surface area contributed by atoms with Gasteiger partial charge in [-0.15, -0.1) is 5.10 Å². The standard InChI is InChI=1S/C11H19N5O4/c1-14(2)6-4-5-12-10(17)8-15-7-9(16(18)19)11(13-15)20-3/h7H,4-6,8H2,1-3H3,(H,12,17). The van der Waals surface area contributed by atoms with E-state index in [4.69, 9.17) is 4.74 Å². The van der Waals surface area contributed by atoms with Crippen molar-refractivity contribution in [3.63, 3.8) is 0 Å². The van der Waals surface area contributed by atoms with E-state index in [2.05, 4.69) is 10.4 Å². The van der Waals surface area contributed by atoms with E-state index < -0.39 is 4.92 Å². The van der Waals surface area contributed by atoms with Crippen LogP contribution in [0, 0.1) is 10.1 Å². The molecule has 1 heterocycles. The van der Waals surface area contributed by atoms with Crippen LogP contribution in [0.5, 0.6) is 5.88 Å². The Hall–Kier alpha value is -2.16. The molecule has 0 bridgehead atoms. The molecule has 0 fully saturated rings. The van der Waals surface area contributed by atoms with Gasteiger partial charge in [0.2, 0.25) is 5.91 Å². The SMILES string of the molecule is COc1nn(CC(=O)NCCCN(C)C)cc1[N+](=O)[O-]. The summed E-state index contributed by atoms with van der Waals surface area (Å²) >= 11 is 0. The Bertz CT molecular complexity index is 471. The lowest BCUT2D eigenvalue weighted by atomic mass is 10.4. The van der Waals surface area contributed by atoms with Gasteiger partial charge in [0.15, 0.2) is 0 Å². The van der Waals surface area contributed by atoms with Gasteiger partial charge in [0.05, 0.1) is 12.0 Å². The zero-order chi connectivity index (χ0) is 15.1. The highest BCUT2D eigenvalue weighted by Gasteiger charge is 2.20. The monoisotopic (exact) mass is 285 g/mol. The van der Waals surface area contributed by atoms with Gasteiger partial charge >= 0.3 is 11.6 Å². The molecule has 0 saturated heterocycles. The first kappa shape index (κ1) is 15.9. The molecule has 9 nitrogen and oxygen atoms in total. The molecule has 0 aliphatic carbocycles. The topological polar surface area (TPSA) is 103 Å². The second-order valence-corrected chi connectivity index (χ2v) is 4.49. The predicted octanol–water partition coefficient (Wildman–Crippen LogP) is -0.132. The normalized spacial score (nSPS) is 10.6. The molecule has 0 atom stereocenters. The Morgan fingerprint density at radius 3 is 2.80 bits per heavy atom. The van der Waals surface area contributed by atoms with Crippen LogP contribution in [0.25, 0.3) is 0 Å². The minimum Gasteiger partial charge on any atom is -0.475 e. The van der Waals surface area contributed by atoms with Crippen molar-refractivity contribution in [3.05, 3.63) is 16.3 Å². The van der Waals surface area contributed by atoms with Gasteiger partial charge in [-0.05, 0) is 27.1 Å². The number of nitrogens with one attached hydrogen (secondary N) is 1. The van der Waals surface area contributed by atoms with Crippen LogP contribution in [-0.2, 0) is 11.3 Å². The third kappa shape index (κ3) is 4.84. The van der Waals surface area contributed by atoms with Gasteiger partial charge in [-0.3, -0.25) is 19.6 Å². The molecule has 1 rings (SSSR count). The number of ether oxygens (including phenoxy) is 1. The van der Waals surface area contributed by atoms with E-state index in [0.29, 0.717) is 6.54 Å².